The molecule has 170 valence electrons. The Labute approximate surface area is 184 Å². The maximum absolute atomic E-state index is 11.8. The number of hydrogen-bond acceptors (Lipinski definition) is 9. The first kappa shape index (κ1) is 23.2. The van der Waals surface area contributed by atoms with E-state index in [9.17, 15) is 8.42 Å². The van der Waals surface area contributed by atoms with Crippen LogP contribution in [0, 0.1) is 12.3 Å². The van der Waals surface area contributed by atoms with Gasteiger partial charge in [0.25, 0.3) is 0 Å². The molecule has 1 aliphatic heterocycles. The van der Waals surface area contributed by atoms with Crippen LogP contribution >= 0.6 is 0 Å². The molecule has 0 bridgehead atoms. The van der Waals surface area contributed by atoms with E-state index < -0.39 is 10.0 Å². The molecule has 1 aromatic carbocycles. The predicted molar refractivity (Wildman–Crippen MR) is 123 cm³/mol. The molecular formula is C20H32N8O2S. The molecular weight excluding hydrogens is 416 g/mol. The SMILES string of the molecule is Cc1ccc(S(N)(=O)=O)cc1Nc1nc(N[C@H]2CCNC2)nc(N(C)CC(C)(C)C)n1. The van der Waals surface area contributed by atoms with Gasteiger partial charge in [0.15, 0.2) is 0 Å². The topological polar surface area (TPSA) is 138 Å². The summed E-state index contributed by atoms with van der Waals surface area (Å²) in [6.07, 6.45) is 0.983. The molecule has 0 amide bonds. The zero-order valence-electron chi connectivity index (χ0n) is 18.7. The highest BCUT2D eigenvalue weighted by Crippen LogP contribution is 2.25. The molecule has 31 heavy (non-hydrogen) atoms. The van der Waals surface area contributed by atoms with Crippen molar-refractivity contribution in [2.45, 2.75) is 45.1 Å². The molecule has 0 spiro atoms. The van der Waals surface area contributed by atoms with Gasteiger partial charge in [-0.3, -0.25) is 0 Å². The van der Waals surface area contributed by atoms with Gasteiger partial charge in [-0.25, -0.2) is 13.6 Å². The average Bonchev–Trinajstić information content (AvgIpc) is 3.14. The molecule has 1 fully saturated rings. The minimum absolute atomic E-state index is 0.0232. The number of benzene rings is 1. The van der Waals surface area contributed by atoms with Gasteiger partial charge in [0.1, 0.15) is 0 Å². The Kier molecular flexibility index (Phi) is 6.68. The van der Waals surface area contributed by atoms with Crippen LogP contribution in [0.1, 0.15) is 32.8 Å². The van der Waals surface area contributed by atoms with Gasteiger partial charge in [-0.1, -0.05) is 26.8 Å². The van der Waals surface area contributed by atoms with Crippen LogP contribution in [0.3, 0.4) is 0 Å². The normalized spacial score (nSPS) is 16.9. The van der Waals surface area contributed by atoms with Crippen molar-refractivity contribution >= 4 is 33.6 Å². The van der Waals surface area contributed by atoms with Crippen molar-refractivity contribution in [2.75, 3.05) is 42.2 Å². The van der Waals surface area contributed by atoms with Crippen molar-refractivity contribution in [3.8, 4) is 0 Å². The van der Waals surface area contributed by atoms with Crippen LogP contribution in [0.15, 0.2) is 23.1 Å². The molecule has 1 aliphatic rings. The fraction of sp³-hybridized carbons (Fsp3) is 0.550. The zero-order chi connectivity index (χ0) is 22.8. The van der Waals surface area contributed by atoms with Crippen LogP contribution in [0.4, 0.5) is 23.5 Å². The molecule has 10 nitrogen and oxygen atoms in total. The highest BCUT2D eigenvalue weighted by atomic mass is 32.2. The van der Waals surface area contributed by atoms with E-state index in [-0.39, 0.29) is 16.4 Å². The van der Waals surface area contributed by atoms with Crippen molar-refractivity contribution < 1.29 is 8.42 Å². The van der Waals surface area contributed by atoms with Crippen molar-refractivity contribution in [1.29, 1.82) is 0 Å². The van der Waals surface area contributed by atoms with E-state index in [2.05, 4.69) is 51.7 Å². The third kappa shape index (κ3) is 6.49. The molecule has 1 atom stereocenters. The fourth-order valence-electron chi connectivity index (χ4n) is 3.43. The number of anilines is 4. The van der Waals surface area contributed by atoms with Gasteiger partial charge in [-0.15, -0.1) is 0 Å². The van der Waals surface area contributed by atoms with Crippen molar-refractivity contribution in [2.24, 2.45) is 10.6 Å². The Morgan fingerprint density at radius 1 is 1.23 bits per heavy atom. The summed E-state index contributed by atoms with van der Waals surface area (Å²) >= 11 is 0. The number of sulfonamides is 1. The number of rotatable bonds is 7. The van der Waals surface area contributed by atoms with Crippen LogP contribution in [0.5, 0.6) is 0 Å². The third-order valence-electron chi connectivity index (χ3n) is 4.85. The number of primary sulfonamides is 1. The van der Waals surface area contributed by atoms with Crippen LogP contribution in [-0.4, -0.2) is 56.1 Å². The number of hydrogen-bond donors (Lipinski definition) is 4. The number of aryl methyl sites for hydroxylation is 1. The summed E-state index contributed by atoms with van der Waals surface area (Å²) in [5, 5.41) is 15.1. The molecule has 0 saturated carbocycles. The summed E-state index contributed by atoms with van der Waals surface area (Å²) in [6, 6.07) is 4.90. The lowest BCUT2D eigenvalue weighted by molar-refractivity contribution is 0.416. The van der Waals surface area contributed by atoms with E-state index in [4.69, 9.17) is 5.14 Å². The van der Waals surface area contributed by atoms with E-state index in [1.54, 1.807) is 6.07 Å². The van der Waals surface area contributed by atoms with E-state index >= 15 is 0 Å². The first-order valence-electron chi connectivity index (χ1n) is 10.3. The van der Waals surface area contributed by atoms with E-state index in [0.29, 0.717) is 23.5 Å². The minimum Gasteiger partial charge on any atom is -0.350 e. The smallest absolute Gasteiger partial charge is 0.238 e. The highest BCUT2D eigenvalue weighted by Gasteiger charge is 2.20. The summed E-state index contributed by atoms with van der Waals surface area (Å²) in [5.41, 5.74) is 1.46. The molecule has 1 saturated heterocycles. The molecule has 11 heteroatoms. The van der Waals surface area contributed by atoms with Gasteiger partial charge >= 0.3 is 0 Å². The second-order valence-corrected chi connectivity index (χ2v) is 10.7. The molecule has 1 aromatic heterocycles. The van der Waals surface area contributed by atoms with Gasteiger partial charge in [-0.2, -0.15) is 15.0 Å². The van der Waals surface area contributed by atoms with Crippen molar-refractivity contribution in [1.82, 2.24) is 20.3 Å². The Morgan fingerprint density at radius 2 is 1.94 bits per heavy atom. The number of nitrogens with one attached hydrogen (secondary N) is 3. The second kappa shape index (κ2) is 8.93. The summed E-state index contributed by atoms with van der Waals surface area (Å²) in [4.78, 5) is 15.7. The second-order valence-electron chi connectivity index (χ2n) is 9.18. The summed E-state index contributed by atoms with van der Waals surface area (Å²) < 4.78 is 23.5. The first-order valence-corrected chi connectivity index (χ1v) is 11.8. The minimum atomic E-state index is -3.82. The first-order chi connectivity index (χ1) is 14.4. The Morgan fingerprint density at radius 3 is 2.55 bits per heavy atom. The maximum Gasteiger partial charge on any atom is 0.238 e. The molecule has 0 aliphatic carbocycles. The molecule has 0 radical (unpaired) electrons. The fourth-order valence-corrected chi connectivity index (χ4v) is 3.97. The summed E-state index contributed by atoms with van der Waals surface area (Å²) in [5.74, 6) is 1.33. The number of aromatic nitrogens is 3. The summed E-state index contributed by atoms with van der Waals surface area (Å²) in [6.45, 7) is 10.9. The Bertz CT molecular complexity index is 1030. The van der Waals surface area contributed by atoms with Crippen LogP contribution in [0.2, 0.25) is 0 Å². The van der Waals surface area contributed by atoms with Crippen molar-refractivity contribution in [3.05, 3.63) is 23.8 Å². The Balaban J connectivity index is 1.95. The molecule has 2 heterocycles. The average molecular weight is 449 g/mol. The molecule has 3 rings (SSSR count). The third-order valence-corrected chi connectivity index (χ3v) is 5.77. The van der Waals surface area contributed by atoms with E-state index in [1.807, 2.05) is 18.9 Å². The monoisotopic (exact) mass is 448 g/mol. The van der Waals surface area contributed by atoms with Gasteiger partial charge in [-0.05, 0) is 43.0 Å². The van der Waals surface area contributed by atoms with E-state index in [0.717, 1.165) is 31.6 Å². The summed E-state index contributed by atoms with van der Waals surface area (Å²) in [7, 11) is -1.88. The predicted octanol–water partition coefficient (Wildman–Crippen LogP) is 1.83. The Hall–Kier alpha value is -2.50. The number of nitrogens with zero attached hydrogens (tertiary/aromatic N) is 4. The lowest BCUT2D eigenvalue weighted by Gasteiger charge is -2.27. The molecule has 2 aromatic rings. The zero-order valence-corrected chi connectivity index (χ0v) is 19.5. The highest BCUT2D eigenvalue weighted by molar-refractivity contribution is 7.89. The standard InChI is InChI=1S/C20H32N8O2S/c1-13-6-7-15(31(21,29)30)10-16(13)24-18-25-17(23-14-8-9-22-11-14)26-19(27-18)28(5)12-20(2,3)4/h6-7,10,14,22H,8-9,11-12H2,1-5H3,(H2,21,29,30)(H2,23,24,25,26,27)/t14-/m0/s1. The van der Waals surface area contributed by atoms with Gasteiger partial charge < -0.3 is 20.9 Å². The van der Waals surface area contributed by atoms with E-state index in [1.165, 1.54) is 12.1 Å². The molecule has 5 N–H and O–H groups in total. The molecule has 0 unspecified atom stereocenters. The lowest BCUT2D eigenvalue weighted by atomic mass is 9.96. The lowest BCUT2D eigenvalue weighted by Crippen LogP contribution is -2.31. The van der Waals surface area contributed by atoms with Crippen molar-refractivity contribution in [3.63, 3.8) is 0 Å². The van der Waals surface area contributed by atoms with Gasteiger partial charge in [0, 0.05) is 31.9 Å². The van der Waals surface area contributed by atoms with Crippen LogP contribution in [0.25, 0.3) is 0 Å². The quantitative estimate of drug-likeness (QED) is 0.499. The number of nitrogens with two attached hydrogens (primary N) is 1. The van der Waals surface area contributed by atoms with Crippen LogP contribution < -0.4 is 26.0 Å². The largest absolute Gasteiger partial charge is 0.350 e. The van der Waals surface area contributed by atoms with Crippen LogP contribution in [-0.2, 0) is 10.0 Å². The maximum atomic E-state index is 11.8. The van der Waals surface area contributed by atoms with Gasteiger partial charge in [0.05, 0.1) is 4.90 Å². The van der Waals surface area contributed by atoms with Gasteiger partial charge in [0.2, 0.25) is 27.9 Å².